The summed E-state index contributed by atoms with van der Waals surface area (Å²) in [6.45, 7) is 8.85. The molecule has 0 bridgehead atoms. The number of carbonyl (C=O) groups excluding carboxylic acids is 1. The Hall–Kier alpha value is -1.02. The zero-order valence-electron chi connectivity index (χ0n) is 14.6. The minimum atomic E-state index is -0.554. The largest absolute Gasteiger partial charge is 0.444 e. The molecule has 7 nitrogen and oxygen atoms in total. The fourth-order valence-electron chi connectivity index (χ4n) is 2.40. The van der Waals surface area contributed by atoms with Crippen LogP contribution in [0.3, 0.4) is 0 Å². The van der Waals surface area contributed by atoms with Crippen LogP contribution < -0.4 is 0 Å². The predicted molar refractivity (Wildman–Crippen MR) is 96.9 cm³/mol. The summed E-state index contributed by atoms with van der Waals surface area (Å²) in [4.78, 5) is 15.9. The van der Waals surface area contributed by atoms with E-state index in [2.05, 4.69) is 10.00 Å². The second kappa shape index (κ2) is 9.46. The molecule has 1 unspecified atom stereocenters. The third-order valence-electron chi connectivity index (χ3n) is 3.56. The van der Waals surface area contributed by atoms with Crippen LogP contribution in [-0.2, 0) is 11.8 Å². The van der Waals surface area contributed by atoms with Gasteiger partial charge in [-0.2, -0.15) is 5.10 Å². The topological polar surface area (TPSA) is 70.8 Å². The van der Waals surface area contributed by atoms with Crippen LogP contribution in [0, 0.1) is 0 Å². The number of carbonyl (C=O) groups is 1. The summed E-state index contributed by atoms with van der Waals surface area (Å²) in [5, 5.41) is 14.3. The van der Waals surface area contributed by atoms with E-state index < -0.39 is 11.7 Å². The Kier molecular flexibility index (Phi) is 9.06. The average Bonchev–Trinajstić information content (AvgIpc) is 2.84. The molecule has 0 aliphatic carbocycles. The number of aliphatic hydroxyl groups is 1. The molecule has 9 heteroatoms. The third-order valence-corrected chi connectivity index (χ3v) is 3.56. The lowest BCUT2D eigenvalue weighted by Crippen LogP contribution is -2.50. The highest BCUT2D eigenvalue weighted by atomic mass is 35.5. The van der Waals surface area contributed by atoms with Gasteiger partial charge in [-0.05, 0) is 20.8 Å². The van der Waals surface area contributed by atoms with Gasteiger partial charge in [0, 0.05) is 51.5 Å². The number of piperazine rings is 1. The minimum absolute atomic E-state index is 0. The van der Waals surface area contributed by atoms with Crippen molar-refractivity contribution in [1.29, 1.82) is 0 Å². The van der Waals surface area contributed by atoms with Crippen molar-refractivity contribution in [3.63, 3.8) is 0 Å². The zero-order chi connectivity index (χ0) is 16.3. The van der Waals surface area contributed by atoms with E-state index in [9.17, 15) is 9.90 Å². The van der Waals surface area contributed by atoms with Crippen LogP contribution in [-0.4, -0.2) is 69.1 Å². The van der Waals surface area contributed by atoms with E-state index in [0.29, 0.717) is 19.6 Å². The van der Waals surface area contributed by atoms with Crippen molar-refractivity contribution >= 4 is 30.9 Å². The van der Waals surface area contributed by atoms with Crippen LogP contribution in [0.4, 0.5) is 4.79 Å². The molecule has 1 aromatic heterocycles. The molecule has 2 rings (SSSR count). The van der Waals surface area contributed by atoms with Gasteiger partial charge in [0.2, 0.25) is 0 Å². The molecule has 2 heterocycles. The quantitative estimate of drug-likeness (QED) is 0.863. The van der Waals surface area contributed by atoms with E-state index in [1.165, 1.54) is 0 Å². The summed E-state index contributed by atoms with van der Waals surface area (Å²) in [5.74, 6) is 0. The maximum atomic E-state index is 12.0. The fourth-order valence-corrected chi connectivity index (χ4v) is 2.40. The Labute approximate surface area is 155 Å². The van der Waals surface area contributed by atoms with Crippen LogP contribution in [0.5, 0.6) is 0 Å². The van der Waals surface area contributed by atoms with E-state index in [1.54, 1.807) is 15.8 Å². The predicted octanol–water partition coefficient (Wildman–Crippen LogP) is 1.85. The number of aliphatic hydroxyl groups excluding tert-OH is 1. The summed E-state index contributed by atoms with van der Waals surface area (Å²) in [5.41, 5.74) is 0.349. The van der Waals surface area contributed by atoms with Gasteiger partial charge in [0.05, 0.1) is 12.3 Å². The normalized spacial score (nSPS) is 16.8. The van der Waals surface area contributed by atoms with Gasteiger partial charge >= 0.3 is 6.09 Å². The molecule has 140 valence electrons. The van der Waals surface area contributed by atoms with Gasteiger partial charge < -0.3 is 14.7 Å². The second-order valence-electron chi connectivity index (χ2n) is 6.73. The first-order valence-electron chi connectivity index (χ1n) is 7.61. The van der Waals surface area contributed by atoms with E-state index in [1.807, 2.05) is 34.0 Å². The number of nitrogens with zero attached hydrogens (tertiary/aromatic N) is 4. The summed E-state index contributed by atoms with van der Waals surface area (Å²) in [7, 11) is 1.83. The van der Waals surface area contributed by atoms with Gasteiger partial charge in [0.25, 0.3) is 0 Å². The first-order valence-corrected chi connectivity index (χ1v) is 7.61. The van der Waals surface area contributed by atoms with Gasteiger partial charge in [0.1, 0.15) is 5.60 Å². The maximum absolute atomic E-state index is 12.0. The number of aryl methyl sites for hydroxylation is 1. The number of amides is 1. The molecule has 0 radical (unpaired) electrons. The van der Waals surface area contributed by atoms with Crippen molar-refractivity contribution in [2.24, 2.45) is 7.05 Å². The van der Waals surface area contributed by atoms with Crippen LogP contribution in [0.25, 0.3) is 0 Å². The highest BCUT2D eigenvalue weighted by Crippen LogP contribution is 2.16. The van der Waals surface area contributed by atoms with Gasteiger partial charge in [0.15, 0.2) is 0 Å². The molecule has 0 saturated carbocycles. The van der Waals surface area contributed by atoms with Crippen LogP contribution in [0.1, 0.15) is 32.4 Å². The summed E-state index contributed by atoms with van der Waals surface area (Å²) >= 11 is 0. The number of hydrogen-bond acceptors (Lipinski definition) is 5. The molecule has 1 aromatic rings. The van der Waals surface area contributed by atoms with E-state index in [0.717, 1.165) is 18.7 Å². The summed E-state index contributed by atoms with van der Waals surface area (Å²) < 4.78 is 7.05. The van der Waals surface area contributed by atoms with Crippen molar-refractivity contribution in [2.45, 2.75) is 32.5 Å². The SMILES string of the molecule is Cl.Cl.Cn1cc(C(O)CN2CCN(C(=O)OC(C)(C)C)CC2)cn1. The van der Waals surface area contributed by atoms with Gasteiger partial charge in [-0.15, -0.1) is 24.8 Å². The maximum Gasteiger partial charge on any atom is 0.410 e. The lowest BCUT2D eigenvalue weighted by molar-refractivity contribution is 0.0101. The van der Waals surface area contributed by atoms with Crippen LogP contribution >= 0.6 is 24.8 Å². The molecule has 0 spiro atoms. The molecule has 1 N–H and O–H groups in total. The molecule has 1 saturated heterocycles. The highest BCUT2D eigenvalue weighted by molar-refractivity contribution is 5.85. The molecule has 1 amide bonds. The Bertz CT molecular complexity index is 511. The van der Waals surface area contributed by atoms with Crippen LogP contribution in [0.2, 0.25) is 0 Å². The molecule has 1 fully saturated rings. The highest BCUT2D eigenvalue weighted by Gasteiger charge is 2.26. The molecular formula is C15H28Cl2N4O3. The van der Waals surface area contributed by atoms with Crippen molar-refractivity contribution in [1.82, 2.24) is 19.6 Å². The molecule has 1 aliphatic heterocycles. The first kappa shape index (κ1) is 23.0. The summed E-state index contributed by atoms with van der Waals surface area (Å²) in [6.07, 6.45) is 2.69. The molecule has 1 aliphatic rings. The standard InChI is InChI=1S/C15H26N4O3.2ClH/c1-15(2,3)22-14(21)19-7-5-18(6-8-19)11-13(20)12-9-16-17(4)10-12;;/h9-10,13,20H,5-8,11H2,1-4H3;2*1H. The Balaban J connectivity index is 0.00000264. The van der Waals surface area contributed by atoms with E-state index in [4.69, 9.17) is 4.74 Å². The zero-order valence-corrected chi connectivity index (χ0v) is 16.3. The van der Waals surface area contributed by atoms with Gasteiger partial charge in [-0.25, -0.2) is 4.79 Å². The van der Waals surface area contributed by atoms with Crippen LogP contribution in [0.15, 0.2) is 12.4 Å². The molecule has 24 heavy (non-hydrogen) atoms. The van der Waals surface area contributed by atoms with Crippen molar-refractivity contribution in [3.05, 3.63) is 18.0 Å². The van der Waals surface area contributed by atoms with Crippen molar-refractivity contribution < 1.29 is 14.6 Å². The number of halogens is 2. The number of hydrogen-bond donors (Lipinski definition) is 1. The van der Waals surface area contributed by atoms with Crippen molar-refractivity contribution in [3.8, 4) is 0 Å². The van der Waals surface area contributed by atoms with Gasteiger partial charge in [-0.3, -0.25) is 9.58 Å². The second-order valence-corrected chi connectivity index (χ2v) is 6.73. The average molecular weight is 383 g/mol. The fraction of sp³-hybridized carbons (Fsp3) is 0.733. The molecular weight excluding hydrogens is 355 g/mol. The van der Waals surface area contributed by atoms with Crippen molar-refractivity contribution in [2.75, 3.05) is 32.7 Å². The summed E-state index contributed by atoms with van der Waals surface area (Å²) in [6, 6.07) is 0. The number of rotatable bonds is 3. The van der Waals surface area contributed by atoms with E-state index >= 15 is 0 Å². The molecule has 1 atom stereocenters. The molecule has 0 aromatic carbocycles. The number of aromatic nitrogens is 2. The smallest absolute Gasteiger partial charge is 0.410 e. The first-order chi connectivity index (χ1) is 10.2. The lowest BCUT2D eigenvalue weighted by atomic mass is 10.2. The lowest BCUT2D eigenvalue weighted by Gasteiger charge is -2.36. The number of ether oxygens (including phenoxy) is 1. The Morgan fingerprint density at radius 1 is 1.29 bits per heavy atom. The monoisotopic (exact) mass is 382 g/mol. The van der Waals surface area contributed by atoms with E-state index in [-0.39, 0.29) is 30.9 Å². The van der Waals surface area contributed by atoms with Gasteiger partial charge in [-0.1, -0.05) is 0 Å². The Morgan fingerprint density at radius 2 is 1.88 bits per heavy atom. The minimum Gasteiger partial charge on any atom is -0.444 e. The third kappa shape index (κ3) is 6.84. The number of β-amino-alcohol motifs (C(OH)–C–C–N with tert-alkyl or cyclic N) is 1. The Morgan fingerprint density at radius 3 is 2.33 bits per heavy atom.